The van der Waals surface area contributed by atoms with Crippen LogP contribution in [-0.2, 0) is 14.4 Å². The molecule has 2 aromatic rings. The van der Waals surface area contributed by atoms with Crippen molar-refractivity contribution in [3.63, 3.8) is 0 Å². The highest BCUT2D eigenvalue weighted by atomic mass is 16.5. The second-order valence-electron chi connectivity index (χ2n) is 6.12. The fourth-order valence-electron chi connectivity index (χ4n) is 2.56. The highest BCUT2D eigenvalue weighted by Crippen LogP contribution is 2.17. The molecular weight excluding hydrogens is 376 g/mol. The minimum absolute atomic E-state index is 0.0494. The quantitative estimate of drug-likeness (QED) is 0.478. The predicted octanol–water partition coefficient (Wildman–Crippen LogP) is 1.08. The summed E-state index contributed by atoms with van der Waals surface area (Å²) in [4.78, 5) is 48.2. The number of carbonyl (C=O) groups excluding carboxylic acids is 4. The molecule has 5 amide bonds. The van der Waals surface area contributed by atoms with Gasteiger partial charge in [-0.2, -0.15) is 0 Å². The number of nitrogens with one attached hydrogen (secondary N) is 2. The third kappa shape index (κ3) is 5.19. The summed E-state index contributed by atoms with van der Waals surface area (Å²) in [5.74, 6) is -1.25. The Bertz CT molecular complexity index is 970. The van der Waals surface area contributed by atoms with Gasteiger partial charge in [0, 0.05) is 5.69 Å². The van der Waals surface area contributed by atoms with Crippen LogP contribution in [0, 0.1) is 0 Å². The van der Waals surface area contributed by atoms with E-state index in [1.54, 1.807) is 54.6 Å². The number of para-hydroxylation sites is 1. The van der Waals surface area contributed by atoms with E-state index in [0.717, 1.165) is 4.90 Å². The van der Waals surface area contributed by atoms with Gasteiger partial charge >= 0.3 is 6.03 Å². The molecule has 9 nitrogen and oxygen atoms in total. The van der Waals surface area contributed by atoms with Crippen LogP contribution in [0.1, 0.15) is 5.56 Å². The van der Waals surface area contributed by atoms with Crippen LogP contribution in [0.5, 0.6) is 5.75 Å². The predicted molar refractivity (Wildman–Crippen MR) is 104 cm³/mol. The van der Waals surface area contributed by atoms with Gasteiger partial charge in [0.25, 0.3) is 11.8 Å². The smallest absolute Gasteiger partial charge is 0.329 e. The van der Waals surface area contributed by atoms with E-state index in [1.165, 1.54) is 6.08 Å². The van der Waals surface area contributed by atoms with E-state index >= 15 is 0 Å². The second-order valence-corrected chi connectivity index (χ2v) is 6.12. The fraction of sp³-hybridized carbons (Fsp3) is 0.100. The highest BCUT2D eigenvalue weighted by Gasteiger charge is 2.34. The Kier molecular flexibility index (Phi) is 5.88. The zero-order chi connectivity index (χ0) is 20.8. The van der Waals surface area contributed by atoms with Crippen LogP contribution in [0.3, 0.4) is 0 Å². The molecule has 1 aliphatic rings. The van der Waals surface area contributed by atoms with E-state index in [0.29, 0.717) is 17.0 Å². The minimum Gasteiger partial charge on any atom is -0.484 e. The number of nitrogens with zero attached hydrogens (tertiary/aromatic N) is 1. The van der Waals surface area contributed by atoms with E-state index < -0.39 is 30.3 Å². The highest BCUT2D eigenvalue weighted by molar-refractivity contribution is 6.15. The van der Waals surface area contributed by atoms with Gasteiger partial charge in [-0.3, -0.25) is 14.4 Å². The number of nitrogens with two attached hydrogens (primary N) is 1. The Labute approximate surface area is 166 Å². The Morgan fingerprint density at radius 2 is 1.76 bits per heavy atom. The van der Waals surface area contributed by atoms with Gasteiger partial charge in [0.15, 0.2) is 6.61 Å². The van der Waals surface area contributed by atoms with E-state index in [1.807, 2.05) is 0 Å². The number of amides is 5. The van der Waals surface area contributed by atoms with Crippen molar-refractivity contribution in [1.29, 1.82) is 0 Å². The van der Waals surface area contributed by atoms with Crippen LogP contribution in [-0.4, -0.2) is 41.8 Å². The largest absolute Gasteiger partial charge is 0.484 e. The number of anilines is 1. The van der Waals surface area contributed by atoms with Crippen LogP contribution >= 0.6 is 0 Å². The maximum absolute atomic E-state index is 12.5. The van der Waals surface area contributed by atoms with Gasteiger partial charge in [0.2, 0.25) is 5.91 Å². The van der Waals surface area contributed by atoms with Gasteiger partial charge in [-0.05, 0) is 35.9 Å². The van der Waals surface area contributed by atoms with Gasteiger partial charge < -0.3 is 21.1 Å². The molecule has 0 radical (unpaired) electrons. The van der Waals surface area contributed by atoms with Crippen molar-refractivity contribution in [1.82, 2.24) is 10.2 Å². The monoisotopic (exact) mass is 394 g/mol. The lowest BCUT2D eigenvalue weighted by molar-refractivity contribution is -0.127. The molecule has 1 saturated heterocycles. The zero-order valence-electron chi connectivity index (χ0n) is 15.3. The number of hydrogen-bond acceptors (Lipinski definition) is 5. The van der Waals surface area contributed by atoms with E-state index in [4.69, 9.17) is 10.5 Å². The van der Waals surface area contributed by atoms with Crippen molar-refractivity contribution in [3.05, 3.63) is 65.9 Å². The number of hydrogen-bond donors (Lipinski definition) is 3. The van der Waals surface area contributed by atoms with Crippen molar-refractivity contribution < 1.29 is 23.9 Å². The van der Waals surface area contributed by atoms with Gasteiger partial charge in [0.05, 0.1) is 0 Å². The number of imide groups is 1. The molecule has 1 heterocycles. The molecule has 0 aromatic heterocycles. The van der Waals surface area contributed by atoms with Crippen molar-refractivity contribution in [2.24, 2.45) is 5.73 Å². The summed E-state index contributed by atoms with van der Waals surface area (Å²) in [6, 6.07) is 14.5. The Morgan fingerprint density at radius 1 is 1.07 bits per heavy atom. The van der Waals surface area contributed by atoms with E-state index in [9.17, 15) is 19.2 Å². The molecule has 4 N–H and O–H groups in total. The molecule has 0 bridgehead atoms. The molecule has 0 spiro atoms. The molecule has 2 aromatic carbocycles. The second kappa shape index (κ2) is 8.70. The summed E-state index contributed by atoms with van der Waals surface area (Å²) in [5.41, 5.74) is 6.25. The zero-order valence-corrected chi connectivity index (χ0v) is 15.3. The van der Waals surface area contributed by atoms with Crippen LogP contribution in [0.25, 0.3) is 6.08 Å². The van der Waals surface area contributed by atoms with Crippen molar-refractivity contribution in [3.8, 4) is 5.75 Å². The first-order chi connectivity index (χ1) is 13.9. The summed E-state index contributed by atoms with van der Waals surface area (Å²) in [6.07, 6.45) is 1.48. The van der Waals surface area contributed by atoms with Crippen LogP contribution in [0.2, 0.25) is 0 Å². The van der Waals surface area contributed by atoms with Crippen LogP contribution in [0.15, 0.2) is 60.3 Å². The molecule has 0 atom stereocenters. The first kappa shape index (κ1) is 19.6. The third-order valence-electron chi connectivity index (χ3n) is 3.89. The molecule has 0 aliphatic carbocycles. The number of primary amides is 1. The Morgan fingerprint density at radius 3 is 2.41 bits per heavy atom. The van der Waals surface area contributed by atoms with Crippen molar-refractivity contribution >= 4 is 35.5 Å². The molecule has 1 fully saturated rings. The van der Waals surface area contributed by atoms with Gasteiger partial charge in [-0.15, -0.1) is 0 Å². The van der Waals surface area contributed by atoms with E-state index in [-0.39, 0.29) is 12.3 Å². The summed E-state index contributed by atoms with van der Waals surface area (Å²) < 4.78 is 5.16. The maximum Gasteiger partial charge on any atom is 0.329 e. The fourth-order valence-corrected chi connectivity index (χ4v) is 2.56. The summed E-state index contributed by atoms with van der Waals surface area (Å²) in [5, 5.41) is 5.07. The topological polar surface area (TPSA) is 131 Å². The average molecular weight is 394 g/mol. The normalized spacial score (nSPS) is 14.6. The minimum atomic E-state index is -0.675. The third-order valence-corrected chi connectivity index (χ3v) is 3.89. The average Bonchev–Trinajstić information content (AvgIpc) is 2.95. The molecule has 9 heteroatoms. The molecule has 1 aliphatic heterocycles. The lowest BCUT2D eigenvalue weighted by Gasteiger charge is -2.11. The first-order valence-corrected chi connectivity index (χ1v) is 8.63. The first-order valence-electron chi connectivity index (χ1n) is 8.63. The Hall–Kier alpha value is -4.14. The lowest BCUT2D eigenvalue weighted by atomic mass is 10.2. The summed E-state index contributed by atoms with van der Waals surface area (Å²) >= 11 is 0. The van der Waals surface area contributed by atoms with Crippen LogP contribution < -0.4 is 21.1 Å². The van der Waals surface area contributed by atoms with Gasteiger partial charge in [-0.25, -0.2) is 9.69 Å². The van der Waals surface area contributed by atoms with Crippen molar-refractivity contribution in [2.45, 2.75) is 0 Å². The summed E-state index contributed by atoms with van der Waals surface area (Å²) in [6.45, 7) is -0.647. The SMILES string of the molecule is NC(=O)COc1ccc(/C=C2\NC(=O)N(CC(=O)Nc3ccccc3)C2=O)cc1. The Balaban J connectivity index is 1.63. The molecule has 0 saturated carbocycles. The molecule has 3 rings (SSSR count). The van der Waals surface area contributed by atoms with Crippen molar-refractivity contribution in [2.75, 3.05) is 18.5 Å². The molecule has 29 heavy (non-hydrogen) atoms. The van der Waals surface area contributed by atoms with Gasteiger partial charge in [-0.1, -0.05) is 30.3 Å². The van der Waals surface area contributed by atoms with Crippen LogP contribution in [0.4, 0.5) is 10.5 Å². The molecule has 0 unspecified atom stereocenters. The lowest BCUT2D eigenvalue weighted by Crippen LogP contribution is -2.38. The number of carbonyl (C=O) groups is 4. The van der Waals surface area contributed by atoms with Gasteiger partial charge in [0.1, 0.15) is 18.0 Å². The number of rotatable bonds is 7. The van der Waals surface area contributed by atoms with E-state index in [2.05, 4.69) is 10.6 Å². The summed E-state index contributed by atoms with van der Waals surface area (Å²) in [7, 11) is 0. The molecular formula is C20H18N4O5. The number of urea groups is 1. The molecule has 148 valence electrons. The maximum atomic E-state index is 12.5. The number of benzene rings is 2. The standard InChI is InChI=1S/C20H18N4O5/c21-17(25)12-29-15-8-6-13(7-9-15)10-16-19(27)24(20(28)23-16)11-18(26)22-14-4-2-1-3-5-14/h1-10H,11-12H2,(H2,21,25)(H,22,26)(H,23,28)/b16-10-. The number of ether oxygens (including phenoxy) is 1.